The molecule has 128 valence electrons. The SMILES string of the molecule is COc1ccc(CNC(=O)COc2cc(Cl)ccc2Cl)cc1OC. The number of carbonyl (C=O) groups excluding carboxylic acids is 1. The van der Waals surface area contributed by atoms with E-state index in [4.69, 9.17) is 37.4 Å². The number of amides is 1. The molecule has 0 atom stereocenters. The predicted molar refractivity (Wildman–Crippen MR) is 93.3 cm³/mol. The number of halogens is 2. The first-order valence-electron chi connectivity index (χ1n) is 7.09. The minimum Gasteiger partial charge on any atom is -0.493 e. The molecular formula is C17H17Cl2NO4. The second-order valence-corrected chi connectivity index (χ2v) is 5.67. The number of nitrogens with one attached hydrogen (secondary N) is 1. The zero-order valence-electron chi connectivity index (χ0n) is 13.3. The van der Waals surface area contributed by atoms with Gasteiger partial charge in [0.15, 0.2) is 18.1 Å². The molecule has 2 aromatic carbocycles. The topological polar surface area (TPSA) is 56.8 Å². The highest BCUT2D eigenvalue weighted by Gasteiger charge is 2.08. The van der Waals surface area contributed by atoms with Crippen LogP contribution >= 0.6 is 23.2 Å². The van der Waals surface area contributed by atoms with E-state index >= 15 is 0 Å². The molecule has 0 aliphatic heterocycles. The van der Waals surface area contributed by atoms with Crippen molar-refractivity contribution < 1.29 is 19.0 Å². The van der Waals surface area contributed by atoms with Crippen molar-refractivity contribution >= 4 is 29.1 Å². The Morgan fingerprint density at radius 3 is 2.46 bits per heavy atom. The number of hydrogen-bond donors (Lipinski definition) is 1. The maximum atomic E-state index is 11.9. The number of ether oxygens (including phenoxy) is 3. The van der Waals surface area contributed by atoms with Crippen molar-refractivity contribution in [2.45, 2.75) is 6.54 Å². The van der Waals surface area contributed by atoms with Gasteiger partial charge in [0.1, 0.15) is 5.75 Å². The highest BCUT2D eigenvalue weighted by Crippen LogP contribution is 2.28. The van der Waals surface area contributed by atoms with E-state index < -0.39 is 0 Å². The Hall–Kier alpha value is -2.11. The minimum absolute atomic E-state index is 0.159. The van der Waals surface area contributed by atoms with Crippen LogP contribution in [0.5, 0.6) is 17.2 Å². The summed E-state index contributed by atoms with van der Waals surface area (Å²) in [6, 6.07) is 10.2. The molecule has 24 heavy (non-hydrogen) atoms. The average Bonchev–Trinajstić information content (AvgIpc) is 2.60. The standard InChI is InChI=1S/C17H17Cl2NO4/c1-22-14-6-3-11(7-16(14)23-2)9-20-17(21)10-24-15-8-12(18)4-5-13(15)19/h3-8H,9-10H2,1-2H3,(H,20,21). The van der Waals surface area contributed by atoms with Crippen LogP contribution < -0.4 is 19.5 Å². The van der Waals surface area contributed by atoms with Gasteiger partial charge in [0, 0.05) is 17.6 Å². The zero-order chi connectivity index (χ0) is 17.5. The zero-order valence-corrected chi connectivity index (χ0v) is 14.8. The molecule has 1 N–H and O–H groups in total. The second-order valence-electron chi connectivity index (χ2n) is 4.83. The van der Waals surface area contributed by atoms with Crippen molar-refractivity contribution in [3.63, 3.8) is 0 Å². The van der Waals surface area contributed by atoms with Crippen LogP contribution in [0.2, 0.25) is 10.0 Å². The summed E-state index contributed by atoms with van der Waals surface area (Å²) >= 11 is 11.8. The molecule has 0 fully saturated rings. The van der Waals surface area contributed by atoms with E-state index in [0.717, 1.165) is 5.56 Å². The predicted octanol–water partition coefficient (Wildman–Crippen LogP) is 3.71. The fourth-order valence-electron chi connectivity index (χ4n) is 1.97. The fraction of sp³-hybridized carbons (Fsp3) is 0.235. The van der Waals surface area contributed by atoms with Gasteiger partial charge >= 0.3 is 0 Å². The quantitative estimate of drug-likeness (QED) is 0.808. The summed E-state index contributed by atoms with van der Waals surface area (Å²) in [7, 11) is 3.13. The van der Waals surface area contributed by atoms with Crippen LogP contribution in [0.15, 0.2) is 36.4 Å². The molecule has 2 rings (SSSR count). The summed E-state index contributed by atoms with van der Waals surface area (Å²) in [5.41, 5.74) is 0.877. The van der Waals surface area contributed by atoms with Crippen molar-refractivity contribution in [3.8, 4) is 17.2 Å². The van der Waals surface area contributed by atoms with Gasteiger partial charge in [0.2, 0.25) is 0 Å². The van der Waals surface area contributed by atoms with Gasteiger partial charge < -0.3 is 19.5 Å². The summed E-state index contributed by atoms with van der Waals surface area (Å²) in [4.78, 5) is 11.9. The van der Waals surface area contributed by atoms with Crippen molar-refractivity contribution in [2.24, 2.45) is 0 Å². The first-order chi connectivity index (χ1) is 11.5. The van der Waals surface area contributed by atoms with Gasteiger partial charge in [-0.1, -0.05) is 29.3 Å². The largest absolute Gasteiger partial charge is 0.493 e. The molecular weight excluding hydrogens is 353 g/mol. The molecule has 0 aliphatic carbocycles. The van der Waals surface area contributed by atoms with Gasteiger partial charge in [-0.15, -0.1) is 0 Å². The molecule has 1 amide bonds. The molecule has 0 heterocycles. The summed E-state index contributed by atoms with van der Waals surface area (Å²) < 4.78 is 15.8. The summed E-state index contributed by atoms with van der Waals surface area (Å²) in [6.45, 7) is 0.180. The van der Waals surface area contributed by atoms with E-state index in [1.165, 1.54) is 0 Å². The maximum Gasteiger partial charge on any atom is 0.258 e. The van der Waals surface area contributed by atoms with Gasteiger partial charge in [-0.3, -0.25) is 4.79 Å². The van der Waals surface area contributed by atoms with E-state index in [1.807, 2.05) is 6.07 Å². The third-order valence-corrected chi connectivity index (χ3v) is 3.74. The molecule has 0 unspecified atom stereocenters. The van der Waals surface area contributed by atoms with E-state index in [9.17, 15) is 4.79 Å². The van der Waals surface area contributed by atoms with E-state index in [-0.39, 0.29) is 12.5 Å². The first-order valence-corrected chi connectivity index (χ1v) is 7.84. The molecule has 0 spiro atoms. The van der Waals surface area contributed by atoms with Crippen LogP contribution in [0.3, 0.4) is 0 Å². The number of methoxy groups -OCH3 is 2. The Bertz CT molecular complexity index is 722. The van der Waals surface area contributed by atoms with Gasteiger partial charge in [-0.2, -0.15) is 0 Å². The molecule has 2 aromatic rings. The van der Waals surface area contributed by atoms with E-state index in [2.05, 4.69) is 5.32 Å². The van der Waals surface area contributed by atoms with E-state index in [0.29, 0.717) is 33.8 Å². The van der Waals surface area contributed by atoms with Crippen molar-refractivity contribution in [3.05, 3.63) is 52.0 Å². The Morgan fingerprint density at radius 1 is 1.00 bits per heavy atom. The van der Waals surface area contributed by atoms with Gasteiger partial charge in [-0.05, 0) is 29.8 Å². The van der Waals surface area contributed by atoms with Crippen molar-refractivity contribution in [1.29, 1.82) is 0 Å². The number of carbonyl (C=O) groups is 1. The molecule has 0 aromatic heterocycles. The molecule has 0 saturated heterocycles. The fourth-order valence-corrected chi connectivity index (χ4v) is 2.31. The van der Waals surface area contributed by atoms with Crippen LogP contribution in [0, 0.1) is 0 Å². The Kier molecular flexibility index (Phi) is 6.58. The number of benzene rings is 2. The second kappa shape index (κ2) is 8.66. The number of hydrogen-bond acceptors (Lipinski definition) is 4. The molecule has 7 heteroatoms. The summed E-state index contributed by atoms with van der Waals surface area (Å²) in [6.07, 6.45) is 0. The first kappa shape index (κ1) is 18.2. The van der Waals surface area contributed by atoms with Crippen LogP contribution in [0.1, 0.15) is 5.56 Å². The lowest BCUT2D eigenvalue weighted by atomic mass is 10.2. The lowest BCUT2D eigenvalue weighted by Gasteiger charge is -2.11. The minimum atomic E-state index is -0.277. The normalized spacial score (nSPS) is 10.2. The highest BCUT2D eigenvalue weighted by atomic mass is 35.5. The maximum absolute atomic E-state index is 11.9. The third kappa shape index (κ3) is 4.94. The summed E-state index contributed by atoms with van der Waals surface area (Å²) in [5.74, 6) is 1.32. The van der Waals surface area contributed by atoms with Crippen molar-refractivity contribution in [2.75, 3.05) is 20.8 Å². The molecule has 0 radical (unpaired) electrons. The van der Waals surface area contributed by atoms with Gasteiger partial charge in [0.25, 0.3) is 5.91 Å². The van der Waals surface area contributed by atoms with Crippen LogP contribution in [-0.4, -0.2) is 26.7 Å². The van der Waals surface area contributed by atoms with Gasteiger partial charge in [-0.25, -0.2) is 0 Å². The monoisotopic (exact) mass is 369 g/mol. The Morgan fingerprint density at radius 2 is 1.75 bits per heavy atom. The lowest BCUT2D eigenvalue weighted by Crippen LogP contribution is -2.28. The van der Waals surface area contributed by atoms with Crippen LogP contribution in [0.4, 0.5) is 0 Å². The number of rotatable bonds is 7. The summed E-state index contributed by atoms with van der Waals surface area (Å²) in [5, 5.41) is 3.64. The van der Waals surface area contributed by atoms with Crippen LogP contribution in [0.25, 0.3) is 0 Å². The molecule has 0 saturated carbocycles. The lowest BCUT2D eigenvalue weighted by molar-refractivity contribution is -0.123. The van der Waals surface area contributed by atoms with Crippen LogP contribution in [-0.2, 0) is 11.3 Å². The highest BCUT2D eigenvalue weighted by molar-refractivity contribution is 6.34. The molecule has 5 nitrogen and oxygen atoms in total. The van der Waals surface area contributed by atoms with Gasteiger partial charge in [0.05, 0.1) is 19.2 Å². The Balaban J connectivity index is 1.88. The smallest absolute Gasteiger partial charge is 0.258 e. The molecule has 0 bridgehead atoms. The average molecular weight is 370 g/mol. The van der Waals surface area contributed by atoms with Crippen molar-refractivity contribution in [1.82, 2.24) is 5.32 Å². The third-order valence-electron chi connectivity index (χ3n) is 3.19. The van der Waals surface area contributed by atoms with E-state index in [1.54, 1.807) is 44.6 Å². The Labute approximate surface area is 150 Å². The molecule has 0 aliphatic rings.